The summed E-state index contributed by atoms with van der Waals surface area (Å²) in [7, 11) is 0. The highest BCUT2D eigenvalue weighted by Gasteiger charge is 2.36. The molecule has 148 valence electrons. The van der Waals surface area contributed by atoms with Crippen molar-refractivity contribution in [3.05, 3.63) is 34.3 Å². The first-order valence-electron chi connectivity index (χ1n) is 8.12. The molecule has 2 N–H and O–H groups in total. The second kappa shape index (κ2) is 8.43. The number of benzene rings is 1. The molecule has 0 bridgehead atoms. The van der Waals surface area contributed by atoms with Gasteiger partial charge in [-0.1, -0.05) is 23.8 Å². The molecule has 0 aromatic heterocycles. The third-order valence-electron chi connectivity index (χ3n) is 4.32. The van der Waals surface area contributed by atoms with Crippen LogP contribution in [0.3, 0.4) is 0 Å². The monoisotopic (exact) mass is 422 g/mol. The molecule has 27 heavy (non-hydrogen) atoms. The average Bonchev–Trinajstić information content (AvgIpc) is 2.58. The van der Waals surface area contributed by atoms with Crippen LogP contribution < -0.4 is 5.73 Å². The molecule has 0 radical (unpaired) electrons. The van der Waals surface area contributed by atoms with Crippen molar-refractivity contribution in [1.82, 2.24) is 4.90 Å². The Hall–Kier alpha value is -1.87. The number of amides is 1. The van der Waals surface area contributed by atoms with Gasteiger partial charge in [0.25, 0.3) is 5.91 Å². The first kappa shape index (κ1) is 21.4. The van der Waals surface area contributed by atoms with E-state index in [4.69, 9.17) is 34.3 Å². The standard InChI is InChI=1S/C17H18ClF3N2O3S/c1-9(24)26-14(12-8-11(17(19,20)21)2-3-13(12)18)16(25)23-6-4-10(5-7-23)15(22)27/h2-3,8,10,14H,4-7H2,1H3,(H2,22,27). The number of likely N-dealkylation sites (tertiary alicyclic amines) is 1. The summed E-state index contributed by atoms with van der Waals surface area (Å²) in [6.45, 7) is 1.67. The van der Waals surface area contributed by atoms with Gasteiger partial charge in [0.1, 0.15) is 0 Å². The number of nitrogens with zero attached hydrogens (tertiary/aromatic N) is 1. The Morgan fingerprint density at radius 1 is 1.33 bits per heavy atom. The first-order chi connectivity index (χ1) is 12.5. The van der Waals surface area contributed by atoms with Crippen molar-refractivity contribution in [2.45, 2.75) is 32.0 Å². The Kier molecular flexibility index (Phi) is 6.69. The number of halogens is 4. The summed E-state index contributed by atoms with van der Waals surface area (Å²) in [5, 5.41) is -0.0966. The van der Waals surface area contributed by atoms with Gasteiger partial charge in [0.15, 0.2) is 0 Å². The molecular formula is C17H18ClF3N2O3S. The van der Waals surface area contributed by atoms with E-state index in [1.807, 2.05) is 0 Å². The highest BCUT2D eigenvalue weighted by Crippen LogP contribution is 2.36. The Labute approximate surface area is 164 Å². The van der Waals surface area contributed by atoms with Crippen LogP contribution >= 0.6 is 23.8 Å². The van der Waals surface area contributed by atoms with E-state index < -0.39 is 29.7 Å². The van der Waals surface area contributed by atoms with E-state index in [9.17, 15) is 22.8 Å². The maximum Gasteiger partial charge on any atom is 0.416 e. The number of nitrogens with two attached hydrogens (primary N) is 1. The predicted molar refractivity (Wildman–Crippen MR) is 97.1 cm³/mol. The van der Waals surface area contributed by atoms with Crippen LogP contribution in [0.1, 0.15) is 37.0 Å². The van der Waals surface area contributed by atoms with E-state index in [1.165, 1.54) is 4.90 Å². The normalized spacial score (nSPS) is 16.7. The molecule has 0 aliphatic carbocycles. The van der Waals surface area contributed by atoms with Gasteiger partial charge >= 0.3 is 12.1 Å². The van der Waals surface area contributed by atoms with Gasteiger partial charge in [-0.2, -0.15) is 13.2 Å². The molecule has 1 fully saturated rings. The summed E-state index contributed by atoms with van der Waals surface area (Å²) in [5.74, 6) is -1.44. The van der Waals surface area contributed by atoms with Crippen LogP contribution in [0.15, 0.2) is 18.2 Å². The summed E-state index contributed by atoms with van der Waals surface area (Å²) < 4.78 is 44.1. The van der Waals surface area contributed by atoms with Crippen LogP contribution in [-0.2, 0) is 20.5 Å². The Bertz CT molecular complexity index is 749. The van der Waals surface area contributed by atoms with Crippen molar-refractivity contribution >= 4 is 40.7 Å². The number of thiocarbonyl (C=S) groups is 1. The zero-order valence-electron chi connectivity index (χ0n) is 14.4. The zero-order valence-corrected chi connectivity index (χ0v) is 16.0. The average molecular weight is 423 g/mol. The zero-order chi connectivity index (χ0) is 20.4. The molecule has 1 aromatic carbocycles. The Morgan fingerprint density at radius 2 is 1.93 bits per heavy atom. The van der Waals surface area contributed by atoms with Gasteiger partial charge in [-0.25, -0.2) is 0 Å². The SMILES string of the molecule is CC(=O)OC(C(=O)N1CCC(C(N)=S)CC1)c1cc(C(F)(F)F)ccc1Cl. The summed E-state index contributed by atoms with van der Waals surface area (Å²) in [5.41, 5.74) is 4.42. The molecule has 1 heterocycles. The first-order valence-corrected chi connectivity index (χ1v) is 8.91. The third kappa shape index (κ3) is 5.32. The number of carbonyl (C=O) groups excluding carboxylic acids is 2. The summed E-state index contributed by atoms with van der Waals surface area (Å²) in [4.78, 5) is 26.1. The molecule has 0 spiro atoms. The highest BCUT2D eigenvalue weighted by molar-refractivity contribution is 7.80. The number of hydrogen-bond donors (Lipinski definition) is 1. The van der Waals surface area contributed by atoms with Gasteiger partial charge in [0.05, 0.1) is 10.6 Å². The van der Waals surface area contributed by atoms with Crippen LogP contribution in [0.4, 0.5) is 13.2 Å². The van der Waals surface area contributed by atoms with Crippen molar-refractivity contribution in [3.8, 4) is 0 Å². The molecule has 2 rings (SSSR count). The van der Waals surface area contributed by atoms with Crippen molar-refractivity contribution in [2.24, 2.45) is 11.7 Å². The maximum absolute atomic E-state index is 13.0. The molecule has 1 amide bonds. The number of esters is 1. The lowest BCUT2D eigenvalue weighted by atomic mass is 9.96. The van der Waals surface area contributed by atoms with E-state index in [0.29, 0.717) is 30.9 Å². The highest BCUT2D eigenvalue weighted by atomic mass is 35.5. The lowest BCUT2D eigenvalue weighted by Gasteiger charge is -2.33. The Balaban J connectivity index is 2.32. The summed E-state index contributed by atoms with van der Waals surface area (Å²) >= 11 is 11.0. The summed E-state index contributed by atoms with van der Waals surface area (Å²) in [6.07, 6.45) is -5.12. The molecule has 1 aliphatic heterocycles. The fourth-order valence-electron chi connectivity index (χ4n) is 2.88. The molecular weight excluding hydrogens is 405 g/mol. The van der Waals surface area contributed by atoms with Crippen LogP contribution in [0, 0.1) is 5.92 Å². The lowest BCUT2D eigenvalue weighted by Crippen LogP contribution is -2.44. The van der Waals surface area contributed by atoms with Crippen LogP contribution in [0.25, 0.3) is 0 Å². The second-order valence-electron chi connectivity index (χ2n) is 6.23. The molecule has 1 unspecified atom stereocenters. The van der Waals surface area contributed by atoms with Crippen molar-refractivity contribution in [3.63, 3.8) is 0 Å². The Morgan fingerprint density at radius 3 is 2.41 bits per heavy atom. The largest absolute Gasteiger partial charge is 0.447 e. The smallest absolute Gasteiger partial charge is 0.416 e. The van der Waals surface area contributed by atoms with Gasteiger partial charge in [-0.05, 0) is 31.0 Å². The number of piperidine rings is 1. The second-order valence-corrected chi connectivity index (χ2v) is 7.10. The van der Waals surface area contributed by atoms with Gasteiger partial charge in [-0.3, -0.25) is 9.59 Å². The van der Waals surface area contributed by atoms with Crippen LogP contribution in [0.5, 0.6) is 0 Å². The predicted octanol–water partition coefficient (Wildman–Crippen LogP) is 3.49. The minimum absolute atomic E-state index is 0.00614. The van der Waals surface area contributed by atoms with E-state index in [-0.39, 0.29) is 16.5 Å². The van der Waals surface area contributed by atoms with E-state index in [1.54, 1.807) is 0 Å². The molecule has 1 atom stereocenters. The molecule has 1 aromatic rings. The van der Waals surface area contributed by atoms with Gasteiger partial charge in [0, 0.05) is 36.5 Å². The quantitative estimate of drug-likeness (QED) is 0.594. The van der Waals surface area contributed by atoms with Gasteiger partial charge in [-0.15, -0.1) is 0 Å². The van der Waals surface area contributed by atoms with Crippen molar-refractivity contribution in [2.75, 3.05) is 13.1 Å². The summed E-state index contributed by atoms with van der Waals surface area (Å²) in [6, 6.07) is 2.56. The van der Waals surface area contributed by atoms with Crippen LogP contribution in [-0.4, -0.2) is 34.9 Å². The van der Waals surface area contributed by atoms with E-state index >= 15 is 0 Å². The number of alkyl halides is 3. The fourth-order valence-corrected chi connectivity index (χ4v) is 3.34. The molecule has 10 heteroatoms. The lowest BCUT2D eigenvalue weighted by molar-refractivity contribution is -0.160. The van der Waals surface area contributed by atoms with E-state index in [0.717, 1.165) is 25.1 Å². The van der Waals surface area contributed by atoms with Crippen molar-refractivity contribution in [1.29, 1.82) is 0 Å². The van der Waals surface area contributed by atoms with Crippen LogP contribution in [0.2, 0.25) is 5.02 Å². The number of rotatable bonds is 4. The number of carbonyl (C=O) groups is 2. The number of hydrogen-bond acceptors (Lipinski definition) is 4. The van der Waals surface area contributed by atoms with Gasteiger partial charge in [0.2, 0.25) is 6.10 Å². The third-order valence-corrected chi connectivity index (χ3v) is 5.00. The number of ether oxygens (including phenoxy) is 1. The van der Waals surface area contributed by atoms with Gasteiger partial charge < -0.3 is 15.4 Å². The molecule has 5 nitrogen and oxygen atoms in total. The molecule has 1 saturated heterocycles. The van der Waals surface area contributed by atoms with E-state index in [2.05, 4.69) is 0 Å². The molecule has 0 saturated carbocycles. The fraction of sp³-hybridized carbons (Fsp3) is 0.471. The minimum atomic E-state index is -4.63. The molecule has 1 aliphatic rings. The maximum atomic E-state index is 13.0. The minimum Gasteiger partial charge on any atom is -0.447 e. The topological polar surface area (TPSA) is 72.6 Å². The van der Waals surface area contributed by atoms with Crippen molar-refractivity contribution < 1.29 is 27.5 Å².